The van der Waals surface area contributed by atoms with E-state index in [-0.39, 0.29) is 0 Å². The Morgan fingerprint density at radius 1 is 1.19 bits per heavy atom. The van der Waals surface area contributed by atoms with E-state index in [0.717, 1.165) is 69.9 Å². The minimum absolute atomic E-state index is 0.396. The number of para-hydroxylation sites is 1. The molecule has 0 bridgehead atoms. The largest absolute Gasteiger partial charge is 0.496 e. The molecule has 2 saturated heterocycles. The lowest BCUT2D eigenvalue weighted by Gasteiger charge is -2.27. The molecule has 2 fully saturated rings. The number of anilines is 2. The fraction of sp³-hybridized carbons (Fsp3) is 0.500. The Bertz CT molecular complexity index is 751. The van der Waals surface area contributed by atoms with Gasteiger partial charge in [-0.05, 0) is 18.6 Å². The van der Waals surface area contributed by atoms with Crippen LogP contribution in [0.4, 0.5) is 11.8 Å². The van der Waals surface area contributed by atoms with Crippen LogP contribution in [0.25, 0.3) is 0 Å². The standard InChI is InChI=1S/C20H27N5O2/c1-26-18-5-3-2-4-16(18)14-24-9-7-17(15-24)22-19-6-8-21-20(23-19)25-10-12-27-13-11-25/h2-6,8,17H,7,9-15H2,1H3,(H,21,22,23). The van der Waals surface area contributed by atoms with Crippen LogP contribution in [0.1, 0.15) is 12.0 Å². The van der Waals surface area contributed by atoms with Crippen molar-refractivity contribution in [3.05, 3.63) is 42.1 Å². The Morgan fingerprint density at radius 2 is 2.04 bits per heavy atom. The Balaban J connectivity index is 1.34. The Morgan fingerprint density at radius 3 is 2.89 bits per heavy atom. The van der Waals surface area contributed by atoms with Gasteiger partial charge in [-0.25, -0.2) is 4.98 Å². The van der Waals surface area contributed by atoms with Crippen molar-refractivity contribution in [2.24, 2.45) is 0 Å². The summed E-state index contributed by atoms with van der Waals surface area (Å²) in [7, 11) is 1.73. The number of morpholine rings is 1. The average molecular weight is 369 g/mol. The van der Waals surface area contributed by atoms with Crippen molar-refractivity contribution in [3.63, 3.8) is 0 Å². The summed E-state index contributed by atoms with van der Waals surface area (Å²) >= 11 is 0. The second-order valence-electron chi connectivity index (χ2n) is 7.02. The van der Waals surface area contributed by atoms with Crippen LogP contribution in [0.5, 0.6) is 5.75 Å². The van der Waals surface area contributed by atoms with E-state index in [2.05, 4.69) is 32.2 Å². The molecule has 0 radical (unpaired) electrons. The van der Waals surface area contributed by atoms with E-state index in [1.165, 1.54) is 5.56 Å². The van der Waals surface area contributed by atoms with E-state index in [1.807, 2.05) is 24.4 Å². The van der Waals surface area contributed by atoms with Gasteiger partial charge in [-0.15, -0.1) is 0 Å². The van der Waals surface area contributed by atoms with Gasteiger partial charge < -0.3 is 19.7 Å². The van der Waals surface area contributed by atoms with Gasteiger partial charge in [0.1, 0.15) is 11.6 Å². The molecule has 3 heterocycles. The maximum atomic E-state index is 5.48. The molecular weight excluding hydrogens is 342 g/mol. The van der Waals surface area contributed by atoms with Gasteiger partial charge in [0.25, 0.3) is 0 Å². The number of likely N-dealkylation sites (tertiary alicyclic amines) is 1. The highest BCUT2D eigenvalue weighted by Gasteiger charge is 2.24. The smallest absolute Gasteiger partial charge is 0.227 e. The van der Waals surface area contributed by atoms with Crippen molar-refractivity contribution in [1.29, 1.82) is 0 Å². The lowest BCUT2D eigenvalue weighted by molar-refractivity contribution is 0.122. The van der Waals surface area contributed by atoms with E-state index in [0.29, 0.717) is 6.04 Å². The van der Waals surface area contributed by atoms with Gasteiger partial charge >= 0.3 is 0 Å². The molecule has 0 aliphatic carbocycles. The summed E-state index contributed by atoms with van der Waals surface area (Å²) in [6.07, 6.45) is 2.94. The highest BCUT2D eigenvalue weighted by atomic mass is 16.5. The maximum Gasteiger partial charge on any atom is 0.227 e. The number of aromatic nitrogens is 2. The van der Waals surface area contributed by atoms with Crippen LogP contribution in [0.2, 0.25) is 0 Å². The monoisotopic (exact) mass is 369 g/mol. The number of hydrogen-bond donors (Lipinski definition) is 1. The highest BCUT2D eigenvalue weighted by molar-refractivity contribution is 5.42. The average Bonchev–Trinajstić information content (AvgIpc) is 3.16. The number of nitrogens with one attached hydrogen (secondary N) is 1. The number of nitrogens with zero attached hydrogens (tertiary/aromatic N) is 4. The summed E-state index contributed by atoms with van der Waals surface area (Å²) in [5, 5.41) is 3.58. The highest BCUT2D eigenvalue weighted by Crippen LogP contribution is 2.23. The normalized spacial score (nSPS) is 20.6. The predicted molar refractivity (Wildman–Crippen MR) is 105 cm³/mol. The van der Waals surface area contributed by atoms with Crippen LogP contribution >= 0.6 is 0 Å². The van der Waals surface area contributed by atoms with Crippen molar-refractivity contribution >= 4 is 11.8 Å². The first-order chi connectivity index (χ1) is 13.3. The summed E-state index contributed by atoms with van der Waals surface area (Å²) in [5.74, 6) is 2.64. The molecule has 7 nitrogen and oxygen atoms in total. The number of ether oxygens (including phenoxy) is 2. The summed E-state index contributed by atoms with van der Waals surface area (Å²) in [6, 6.07) is 10.6. The van der Waals surface area contributed by atoms with E-state index < -0.39 is 0 Å². The molecule has 4 rings (SSSR count). The van der Waals surface area contributed by atoms with Crippen LogP contribution in [-0.2, 0) is 11.3 Å². The molecule has 7 heteroatoms. The molecule has 2 aromatic rings. The Labute approximate surface area is 160 Å². The van der Waals surface area contributed by atoms with Gasteiger partial charge in [-0.1, -0.05) is 18.2 Å². The molecular formula is C20H27N5O2. The predicted octanol–water partition coefficient (Wildman–Crippen LogP) is 2.01. The Hall–Kier alpha value is -2.38. The zero-order valence-electron chi connectivity index (χ0n) is 15.8. The lowest BCUT2D eigenvalue weighted by Crippen LogP contribution is -2.37. The van der Waals surface area contributed by atoms with Crippen molar-refractivity contribution in [2.45, 2.75) is 19.0 Å². The van der Waals surface area contributed by atoms with Crippen LogP contribution in [0, 0.1) is 0 Å². The second kappa shape index (κ2) is 8.54. The van der Waals surface area contributed by atoms with Crippen LogP contribution in [-0.4, -0.2) is 67.4 Å². The number of benzene rings is 1. The molecule has 1 unspecified atom stereocenters. The van der Waals surface area contributed by atoms with Crippen molar-refractivity contribution in [1.82, 2.24) is 14.9 Å². The molecule has 27 heavy (non-hydrogen) atoms. The minimum atomic E-state index is 0.396. The van der Waals surface area contributed by atoms with E-state index in [4.69, 9.17) is 14.5 Å². The molecule has 1 atom stereocenters. The van der Waals surface area contributed by atoms with E-state index in [9.17, 15) is 0 Å². The van der Waals surface area contributed by atoms with Crippen molar-refractivity contribution < 1.29 is 9.47 Å². The van der Waals surface area contributed by atoms with Crippen molar-refractivity contribution in [2.75, 3.05) is 56.7 Å². The van der Waals surface area contributed by atoms with E-state index >= 15 is 0 Å². The Kier molecular flexibility index (Phi) is 5.69. The third-order valence-corrected chi connectivity index (χ3v) is 5.15. The molecule has 0 saturated carbocycles. The summed E-state index contributed by atoms with van der Waals surface area (Å²) in [6.45, 7) is 6.14. The first kappa shape index (κ1) is 18.0. The molecule has 0 amide bonds. The zero-order chi connectivity index (χ0) is 18.5. The summed E-state index contributed by atoms with van der Waals surface area (Å²) in [5.41, 5.74) is 1.23. The second-order valence-corrected chi connectivity index (χ2v) is 7.02. The topological polar surface area (TPSA) is 62.8 Å². The van der Waals surface area contributed by atoms with Crippen molar-refractivity contribution in [3.8, 4) is 5.75 Å². The van der Waals surface area contributed by atoms with Gasteiger partial charge in [-0.3, -0.25) is 4.90 Å². The zero-order valence-corrected chi connectivity index (χ0v) is 15.8. The van der Waals surface area contributed by atoms with Crippen LogP contribution < -0.4 is 15.0 Å². The molecule has 2 aliphatic heterocycles. The molecule has 1 N–H and O–H groups in total. The molecule has 0 spiro atoms. The molecule has 1 aromatic carbocycles. The van der Waals surface area contributed by atoms with Gasteiger partial charge in [0, 0.05) is 50.5 Å². The fourth-order valence-corrected chi connectivity index (χ4v) is 3.72. The third kappa shape index (κ3) is 4.48. The first-order valence-corrected chi connectivity index (χ1v) is 9.58. The van der Waals surface area contributed by atoms with Gasteiger partial charge in [-0.2, -0.15) is 4.98 Å². The summed E-state index contributed by atoms with van der Waals surface area (Å²) < 4.78 is 10.9. The van der Waals surface area contributed by atoms with Crippen LogP contribution in [0.3, 0.4) is 0 Å². The fourth-order valence-electron chi connectivity index (χ4n) is 3.72. The maximum absolute atomic E-state index is 5.48. The number of methoxy groups -OCH3 is 1. The number of hydrogen-bond acceptors (Lipinski definition) is 7. The van der Waals surface area contributed by atoms with E-state index in [1.54, 1.807) is 7.11 Å². The lowest BCUT2D eigenvalue weighted by atomic mass is 10.2. The van der Waals surface area contributed by atoms with Gasteiger partial charge in [0.2, 0.25) is 5.95 Å². The third-order valence-electron chi connectivity index (χ3n) is 5.15. The molecule has 1 aromatic heterocycles. The van der Waals surface area contributed by atoms with Gasteiger partial charge in [0.15, 0.2) is 0 Å². The summed E-state index contributed by atoms with van der Waals surface area (Å²) in [4.78, 5) is 13.8. The quantitative estimate of drug-likeness (QED) is 0.836. The number of rotatable bonds is 6. The molecule has 2 aliphatic rings. The molecule has 144 valence electrons. The minimum Gasteiger partial charge on any atom is -0.496 e. The SMILES string of the molecule is COc1ccccc1CN1CCC(Nc2ccnc(N3CCOCC3)n2)C1. The van der Waals surface area contributed by atoms with Gasteiger partial charge in [0.05, 0.1) is 20.3 Å². The van der Waals surface area contributed by atoms with Crippen LogP contribution in [0.15, 0.2) is 36.5 Å². The first-order valence-electron chi connectivity index (χ1n) is 9.58.